The number of rotatable bonds is 2. The highest BCUT2D eigenvalue weighted by Gasteiger charge is 2.34. The molecule has 0 unspecified atom stereocenters. The van der Waals surface area contributed by atoms with Crippen molar-refractivity contribution in [2.24, 2.45) is 0 Å². The summed E-state index contributed by atoms with van der Waals surface area (Å²) in [5.41, 5.74) is 0.929. The Labute approximate surface area is 139 Å². The van der Waals surface area contributed by atoms with E-state index in [2.05, 4.69) is 5.32 Å². The lowest BCUT2D eigenvalue weighted by molar-refractivity contribution is -0.116. The van der Waals surface area contributed by atoms with Gasteiger partial charge in [-0.05, 0) is 37.3 Å². The van der Waals surface area contributed by atoms with Crippen LogP contribution in [0.1, 0.15) is 13.3 Å². The zero-order valence-corrected chi connectivity index (χ0v) is 13.9. The number of anilines is 2. The van der Waals surface area contributed by atoms with E-state index in [0.717, 1.165) is 0 Å². The van der Waals surface area contributed by atoms with Crippen LogP contribution in [-0.4, -0.2) is 20.4 Å². The maximum absolute atomic E-state index is 13.1. The van der Waals surface area contributed by atoms with E-state index >= 15 is 0 Å². The minimum atomic E-state index is -3.84. The van der Waals surface area contributed by atoms with Gasteiger partial charge in [0.1, 0.15) is 0 Å². The van der Waals surface area contributed by atoms with Gasteiger partial charge < -0.3 is 5.32 Å². The molecule has 120 valence electrons. The van der Waals surface area contributed by atoms with Crippen molar-refractivity contribution in [1.29, 1.82) is 0 Å². The van der Waals surface area contributed by atoms with E-state index in [-0.39, 0.29) is 17.2 Å². The molecule has 0 saturated heterocycles. The van der Waals surface area contributed by atoms with Crippen molar-refractivity contribution in [3.8, 4) is 0 Å². The minimum Gasteiger partial charge on any atom is -0.324 e. The standard InChI is InChI=1S/C16H15ClN2O3S/c1-11-9-16(20)18-14-7-2-3-8-15(14)19(11)23(21,22)13-6-4-5-12(17)10-13/h2-8,10-11H,9H2,1H3,(H,18,20)/t11-/m1/s1. The van der Waals surface area contributed by atoms with Gasteiger partial charge in [0.05, 0.1) is 22.3 Å². The number of nitrogens with one attached hydrogen (secondary N) is 1. The molecule has 0 fully saturated rings. The van der Waals surface area contributed by atoms with E-state index in [4.69, 9.17) is 11.6 Å². The summed E-state index contributed by atoms with van der Waals surface area (Å²) in [6, 6.07) is 12.5. The van der Waals surface area contributed by atoms with Crippen molar-refractivity contribution in [3.63, 3.8) is 0 Å². The zero-order chi connectivity index (χ0) is 16.6. The number of para-hydroxylation sites is 2. The van der Waals surface area contributed by atoms with Crippen molar-refractivity contribution in [1.82, 2.24) is 0 Å². The monoisotopic (exact) mass is 350 g/mol. The van der Waals surface area contributed by atoms with Crippen LogP contribution in [0.2, 0.25) is 5.02 Å². The van der Waals surface area contributed by atoms with E-state index in [1.54, 1.807) is 43.3 Å². The number of amides is 1. The van der Waals surface area contributed by atoms with Crippen molar-refractivity contribution >= 4 is 38.9 Å². The molecular weight excluding hydrogens is 336 g/mol. The van der Waals surface area contributed by atoms with Gasteiger partial charge in [-0.15, -0.1) is 0 Å². The zero-order valence-electron chi connectivity index (χ0n) is 12.4. The second-order valence-corrected chi connectivity index (χ2v) is 7.63. The Balaban J connectivity index is 2.19. The van der Waals surface area contributed by atoms with Gasteiger partial charge in [-0.25, -0.2) is 8.42 Å². The summed E-state index contributed by atoms with van der Waals surface area (Å²) in [6.45, 7) is 1.71. The van der Waals surface area contributed by atoms with Gasteiger partial charge in [-0.1, -0.05) is 29.8 Å². The Hall–Kier alpha value is -2.05. The summed E-state index contributed by atoms with van der Waals surface area (Å²) in [4.78, 5) is 12.1. The number of nitrogens with zero attached hydrogens (tertiary/aromatic N) is 1. The third-order valence-corrected chi connectivity index (χ3v) is 5.81. The summed E-state index contributed by atoms with van der Waals surface area (Å²) in [7, 11) is -3.84. The Morgan fingerprint density at radius 1 is 1.17 bits per heavy atom. The third kappa shape index (κ3) is 2.92. The quantitative estimate of drug-likeness (QED) is 0.904. The van der Waals surface area contributed by atoms with Crippen LogP contribution in [-0.2, 0) is 14.8 Å². The fraction of sp³-hybridized carbons (Fsp3) is 0.188. The molecule has 0 aromatic heterocycles. The first-order chi connectivity index (χ1) is 10.9. The molecule has 0 aliphatic carbocycles. The van der Waals surface area contributed by atoms with Gasteiger partial charge >= 0.3 is 0 Å². The second kappa shape index (κ2) is 5.86. The van der Waals surface area contributed by atoms with Crippen LogP contribution in [0.15, 0.2) is 53.4 Å². The summed E-state index contributed by atoms with van der Waals surface area (Å²) < 4.78 is 27.5. The molecule has 1 N–H and O–H groups in total. The number of hydrogen-bond acceptors (Lipinski definition) is 3. The lowest BCUT2D eigenvalue weighted by Gasteiger charge is -2.29. The molecule has 1 atom stereocenters. The predicted octanol–water partition coefficient (Wildman–Crippen LogP) is 3.27. The molecule has 1 heterocycles. The number of fused-ring (bicyclic) bond motifs is 1. The van der Waals surface area contributed by atoms with Gasteiger partial charge in [0, 0.05) is 11.4 Å². The van der Waals surface area contributed by atoms with Gasteiger partial charge in [0.25, 0.3) is 10.0 Å². The van der Waals surface area contributed by atoms with E-state index < -0.39 is 16.1 Å². The van der Waals surface area contributed by atoms with Crippen molar-refractivity contribution in [2.75, 3.05) is 9.62 Å². The first-order valence-electron chi connectivity index (χ1n) is 7.08. The maximum atomic E-state index is 13.1. The van der Waals surface area contributed by atoms with Crippen molar-refractivity contribution in [2.45, 2.75) is 24.3 Å². The van der Waals surface area contributed by atoms with E-state index in [0.29, 0.717) is 16.4 Å². The van der Waals surface area contributed by atoms with Crippen molar-refractivity contribution in [3.05, 3.63) is 53.6 Å². The van der Waals surface area contributed by atoms with Gasteiger partial charge in [-0.3, -0.25) is 9.10 Å². The Morgan fingerprint density at radius 2 is 1.91 bits per heavy atom. The number of benzene rings is 2. The molecule has 0 bridgehead atoms. The molecule has 5 nitrogen and oxygen atoms in total. The summed E-state index contributed by atoms with van der Waals surface area (Å²) >= 11 is 5.93. The summed E-state index contributed by atoms with van der Waals surface area (Å²) in [5, 5.41) is 3.09. The molecule has 0 spiro atoms. The molecule has 0 saturated carbocycles. The molecule has 1 amide bonds. The molecular formula is C16H15ClN2O3S. The van der Waals surface area contributed by atoms with Crippen LogP contribution >= 0.6 is 11.6 Å². The van der Waals surface area contributed by atoms with E-state index in [1.165, 1.54) is 16.4 Å². The highest BCUT2D eigenvalue weighted by atomic mass is 35.5. The normalized spacial score (nSPS) is 18.1. The molecule has 7 heteroatoms. The first-order valence-corrected chi connectivity index (χ1v) is 8.90. The lowest BCUT2D eigenvalue weighted by atomic mass is 10.2. The van der Waals surface area contributed by atoms with Gasteiger partial charge in [0.2, 0.25) is 5.91 Å². The summed E-state index contributed by atoms with van der Waals surface area (Å²) in [6.07, 6.45) is 0.0779. The molecule has 3 rings (SSSR count). The second-order valence-electron chi connectivity index (χ2n) is 5.38. The maximum Gasteiger partial charge on any atom is 0.264 e. The Bertz CT molecular complexity index is 867. The SMILES string of the molecule is C[C@@H]1CC(=O)Nc2ccccc2N1S(=O)(=O)c1cccc(Cl)c1. The average Bonchev–Trinajstić information content (AvgIpc) is 2.61. The van der Waals surface area contributed by atoms with E-state index in [9.17, 15) is 13.2 Å². The fourth-order valence-corrected chi connectivity index (χ4v) is 4.64. The predicted molar refractivity (Wildman–Crippen MR) is 90.3 cm³/mol. The minimum absolute atomic E-state index is 0.0779. The lowest BCUT2D eigenvalue weighted by Crippen LogP contribution is -2.39. The fourth-order valence-electron chi connectivity index (χ4n) is 2.67. The van der Waals surface area contributed by atoms with E-state index in [1.807, 2.05) is 0 Å². The number of carbonyl (C=O) groups excluding carboxylic acids is 1. The Morgan fingerprint density at radius 3 is 2.65 bits per heavy atom. The average molecular weight is 351 g/mol. The number of carbonyl (C=O) groups is 1. The van der Waals surface area contributed by atoms with Crippen LogP contribution in [0.5, 0.6) is 0 Å². The van der Waals surface area contributed by atoms with Gasteiger partial charge in [-0.2, -0.15) is 0 Å². The topological polar surface area (TPSA) is 66.5 Å². The molecule has 2 aromatic rings. The first kappa shape index (κ1) is 15.8. The molecule has 1 aliphatic rings. The van der Waals surface area contributed by atoms with Crippen LogP contribution < -0.4 is 9.62 Å². The molecule has 0 radical (unpaired) electrons. The highest BCUT2D eigenvalue weighted by Crippen LogP contribution is 2.35. The highest BCUT2D eigenvalue weighted by molar-refractivity contribution is 7.92. The number of halogens is 1. The number of sulfonamides is 1. The van der Waals surface area contributed by atoms with Gasteiger partial charge in [0.15, 0.2) is 0 Å². The third-order valence-electron chi connectivity index (χ3n) is 3.65. The van der Waals surface area contributed by atoms with Crippen LogP contribution in [0.25, 0.3) is 0 Å². The molecule has 23 heavy (non-hydrogen) atoms. The largest absolute Gasteiger partial charge is 0.324 e. The van der Waals surface area contributed by atoms with Crippen molar-refractivity contribution < 1.29 is 13.2 Å². The Kier molecular flexibility index (Phi) is 4.04. The number of hydrogen-bond donors (Lipinski definition) is 1. The molecule has 2 aromatic carbocycles. The van der Waals surface area contributed by atoms with Crippen LogP contribution in [0, 0.1) is 0 Å². The smallest absolute Gasteiger partial charge is 0.264 e. The van der Waals surface area contributed by atoms with Crippen LogP contribution in [0.4, 0.5) is 11.4 Å². The summed E-state index contributed by atoms with van der Waals surface area (Å²) in [5.74, 6) is -0.214. The molecule has 1 aliphatic heterocycles. The van der Waals surface area contributed by atoms with Crippen LogP contribution in [0.3, 0.4) is 0 Å².